The van der Waals surface area contributed by atoms with Crippen LogP contribution in [0.5, 0.6) is 0 Å². The first-order valence-electron chi connectivity index (χ1n) is 5.69. The Hall–Kier alpha value is -2.10. The topological polar surface area (TPSA) is 42.2 Å². The van der Waals surface area contributed by atoms with Crippen LogP contribution >= 0.6 is 0 Å². The van der Waals surface area contributed by atoms with Crippen molar-refractivity contribution in [3.05, 3.63) is 59.3 Å². The van der Waals surface area contributed by atoms with Gasteiger partial charge in [0.25, 0.3) is 5.91 Å². The molecule has 1 unspecified atom stereocenters. The lowest BCUT2D eigenvalue weighted by Crippen LogP contribution is -2.27. The Morgan fingerprint density at radius 3 is 2.67 bits per heavy atom. The number of rotatable bonds is 3. The molecule has 0 aliphatic rings. The Morgan fingerprint density at radius 2 is 2.06 bits per heavy atom. The van der Waals surface area contributed by atoms with Crippen molar-refractivity contribution >= 4 is 5.91 Å². The molecule has 3 nitrogen and oxygen atoms in total. The molecule has 1 amide bonds. The summed E-state index contributed by atoms with van der Waals surface area (Å²) >= 11 is 0. The van der Waals surface area contributed by atoms with Gasteiger partial charge in [-0.05, 0) is 26.0 Å². The Morgan fingerprint density at radius 1 is 1.33 bits per heavy atom. The highest BCUT2D eigenvalue weighted by molar-refractivity contribution is 5.93. The second-order valence-electron chi connectivity index (χ2n) is 4.15. The van der Waals surface area contributed by atoms with Crippen molar-refractivity contribution < 1.29 is 13.6 Å². The molecule has 2 aromatic rings. The molecular weight excluding hydrogens is 233 g/mol. The molecule has 0 fully saturated rings. The summed E-state index contributed by atoms with van der Waals surface area (Å²) < 4.78 is 18.6. The van der Waals surface area contributed by atoms with Crippen LogP contribution in [0, 0.1) is 12.7 Å². The minimum Gasteiger partial charge on any atom is -0.459 e. The predicted octanol–water partition coefficient (Wildman–Crippen LogP) is 3.22. The van der Waals surface area contributed by atoms with E-state index >= 15 is 0 Å². The molecule has 1 heterocycles. The second kappa shape index (κ2) is 5.04. The van der Waals surface area contributed by atoms with Gasteiger partial charge < -0.3 is 9.73 Å². The van der Waals surface area contributed by atoms with Crippen LogP contribution in [0.15, 0.2) is 41.0 Å². The van der Waals surface area contributed by atoms with E-state index in [0.29, 0.717) is 5.56 Å². The number of aryl methyl sites for hydroxylation is 1. The average Bonchev–Trinajstić information content (AvgIpc) is 2.76. The molecule has 0 bridgehead atoms. The number of hydrogen-bond donors (Lipinski definition) is 1. The monoisotopic (exact) mass is 247 g/mol. The van der Waals surface area contributed by atoms with Crippen molar-refractivity contribution in [1.29, 1.82) is 0 Å². The summed E-state index contributed by atoms with van der Waals surface area (Å²) in [4.78, 5) is 11.9. The quantitative estimate of drug-likeness (QED) is 0.904. The highest BCUT2D eigenvalue weighted by atomic mass is 19.1. The van der Waals surface area contributed by atoms with Crippen molar-refractivity contribution in [3.8, 4) is 0 Å². The van der Waals surface area contributed by atoms with E-state index in [2.05, 4.69) is 5.32 Å². The number of nitrogens with one attached hydrogen (secondary N) is 1. The van der Waals surface area contributed by atoms with Crippen molar-refractivity contribution in [2.75, 3.05) is 0 Å². The van der Waals surface area contributed by atoms with Crippen molar-refractivity contribution in [3.63, 3.8) is 0 Å². The summed E-state index contributed by atoms with van der Waals surface area (Å²) in [6.07, 6.45) is 1.46. The molecule has 1 aromatic carbocycles. The van der Waals surface area contributed by atoms with E-state index in [1.807, 2.05) is 0 Å². The fraction of sp³-hybridized carbons (Fsp3) is 0.214. The number of furan rings is 1. The van der Waals surface area contributed by atoms with Crippen LogP contribution in [0.3, 0.4) is 0 Å². The largest absolute Gasteiger partial charge is 0.459 e. The number of carbonyl (C=O) groups is 1. The van der Waals surface area contributed by atoms with Gasteiger partial charge in [0.05, 0.1) is 12.3 Å². The van der Waals surface area contributed by atoms with Crippen LogP contribution in [0.1, 0.15) is 34.6 Å². The van der Waals surface area contributed by atoms with Crippen LogP contribution in [-0.2, 0) is 0 Å². The second-order valence-corrected chi connectivity index (χ2v) is 4.15. The van der Waals surface area contributed by atoms with E-state index in [0.717, 1.165) is 5.56 Å². The summed E-state index contributed by atoms with van der Waals surface area (Å²) in [5, 5.41) is 2.71. The van der Waals surface area contributed by atoms with Gasteiger partial charge in [-0.2, -0.15) is 0 Å². The molecule has 94 valence electrons. The zero-order valence-electron chi connectivity index (χ0n) is 10.2. The molecule has 18 heavy (non-hydrogen) atoms. The van der Waals surface area contributed by atoms with E-state index < -0.39 is 6.04 Å². The number of amides is 1. The van der Waals surface area contributed by atoms with Crippen LogP contribution < -0.4 is 5.32 Å². The van der Waals surface area contributed by atoms with Crippen LogP contribution in [-0.4, -0.2) is 5.91 Å². The molecule has 1 aromatic heterocycles. The van der Waals surface area contributed by atoms with Crippen molar-refractivity contribution in [1.82, 2.24) is 5.32 Å². The average molecular weight is 247 g/mol. The summed E-state index contributed by atoms with van der Waals surface area (Å²) in [5.41, 5.74) is 1.21. The van der Waals surface area contributed by atoms with Crippen LogP contribution in [0.2, 0.25) is 0 Å². The first-order valence-corrected chi connectivity index (χ1v) is 5.69. The lowest BCUT2D eigenvalue weighted by molar-refractivity contribution is 0.0910. The van der Waals surface area contributed by atoms with Gasteiger partial charge in [-0.3, -0.25) is 4.79 Å². The van der Waals surface area contributed by atoms with E-state index in [1.54, 1.807) is 38.1 Å². The third-order valence-corrected chi connectivity index (χ3v) is 2.79. The maximum absolute atomic E-state index is 13.5. The van der Waals surface area contributed by atoms with Crippen molar-refractivity contribution in [2.45, 2.75) is 19.9 Å². The number of carbonyl (C=O) groups excluding carboxylic acids is 1. The highest BCUT2D eigenvalue weighted by Gasteiger charge is 2.17. The summed E-state index contributed by atoms with van der Waals surface area (Å²) in [6, 6.07) is 7.67. The molecule has 4 heteroatoms. The minimum atomic E-state index is -0.414. The molecule has 0 spiro atoms. The van der Waals surface area contributed by atoms with Gasteiger partial charge in [-0.25, -0.2) is 4.39 Å². The minimum absolute atomic E-state index is 0.262. The Bertz CT molecular complexity index is 562. The molecule has 0 aliphatic heterocycles. The fourth-order valence-electron chi connectivity index (χ4n) is 1.77. The predicted molar refractivity (Wildman–Crippen MR) is 65.7 cm³/mol. The first-order chi connectivity index (χ1) is 8.59. The Kier molecular flexibility index (Phi) is 3.46. The van der Waals surface area contributed by atoms with Gasteiger partial charge in [-0.15, -0.1) is 0 Å². The number of hydrogen-bond acceptors (Lipinski definition) is 2. The maximum atomic E-state index is 13.5. The van der Waals surface area contributed by atoms with E-state index in [4.69, 9.17) is 4.42 Å². The Balaban J connectivity index is 2.13. The smallest absolute Gasteiger partial charge is 0.287 e. The van der Waals surface area contributed by atoms with Gasteiger partial charge in [0.2, 0.25) is 0 Å². The third-order valence-electron chi connectivity index (χ3n) is 2.79. The first kappa shape index (κ1) is 12.4. The highest BCUT2D eigenvalue weighted by Crippen LogP contribution is 2.17. The number of benzene rings is 1. The fourth-order valence-corrected chi connectivity index (χ4v) is 1.77. The van der Waals surface area contributed by atoms with Gasteiger partial charge in [-0.1, -0.05) is 18.2 Å². The molecule has 2 rings (SSSR count). The summed E-state index contributed by atoms with van der Waals surface area (Å²) in [7, 11) is 0. The zero-order valence-corrected chi connectivity index (χ0v) is 10.2. The third kappa shape index (κ3) is 2.42. The lowest BCUT2D eigenvalue weighted by atomic mass is 10.1. The molecule has 1 atom stereocenters. The SMILES string of the molecule is Cc1ccoc1C(=O)NC(C)c1ccccc1F. The van der Waals surface area contributed by atoms with E-state index in [1.165, 1.54) is 12.3 Å². The summed E-state index contributed by atoms with van der Waals surface area (Å²) in [5.74, 6) is -0.409. The number of halogens is 1. The van der Waals surface area contributed by atoms with Gasteiger partial charge >= 0.3 is 0 Å². The van der Waals surface area contributed by atoms with E-state index in [-0.39, 0.29) is 17.5 Å². The zero-order chi connectivity index (χ0) is 13.1. The molecular formula is C14H14FNO2. The molecule has 0 radical (unpaired) electrons. The van der Waals surface area contributed by atoms with Crippen LogP contribution in [0.4, 0.5) is 4.39 Å². The van der Waals surface area contributed by atoms with Crippen molar-refractivity contribution in [2.24, 2.45) is 0 Å². The molecule has 0 saturated carbocycles. The maximum Gasteiger partial charge on any atom is 0.287 e. The van der Waals surface area contributed by atoms with Gasteiger partial charge in [0.1, 0.15) is 5.82 Å². The summed E-state index contributed by atoms with van der Waals surface area (Å²) in [6.45, 7) is 3.51. The van der Waals surface area contributed by atoms with E-state index in [9.17, 15) is 9.18 Å². The Labute approximate surface area is 105 Å². The lowest BCUT2D eigenvalue weighted by Gasteiger charge is -2.14. The standard InChI is InChI=1S/C14H14FNO2/c1-9-7-8-18-13(9)14(17)16-10(2)11-5-3-4-6-12(11)15/h3-8,10H,1-2H3,(H,16,17). The van der Waals surface area contributed by atoms with Crippen LogP contribution in [0.25, 0.3) is 0 Å². The van der Waals surface area contributed by atoms with Gasteiger partial charge in [0.15, 0.2) is 5.76 Å². The molecule has 1 N–H and O–H groups in total. The normalized spacial score (nSPS) is 12.2. The molecule has 0 aliphatic carbocycles. The molecule has 0 saturated heterocycles. The van der Waals surface area contributed by atoms with Gasteiger partial charge in [0, 0.05) is 11.1 Å².